The van der Waals surface area contributed by atoms with Crippen LogP contribution in [0.1, 0.15) is 6.92 Å². The first-order valence-electron chi connectivity index (χ1n) is 10.5. The summed E-state index contributed by atoms with van der Waals surface area (Å²) < 4.78 is 11.3. The number of anilines is 1. The Labute approximate surface area is 175 Å². The number of piperazine rings is 1. The highest BCUT2D eigenvalue weighted by Gasteiger charge is 2.67. The standard InChI is InChI=1S/C22H25N3O5/c1-2-29-21(28)24-12-10-23(11-13-24)19(26)17-16-8-9-22(30-16)14-25(20(27)18(17)22)15-6-4-3-5-7-15/h3-9,16-18H,2,10-14H2,1H3/t16-,17?,18?,22+/m0/s1. The Balaban J connectivity index is 1.33. The molecule has 0 radical (unpaired) electrons. The van der Waals surface area contributed by atoms with Crippen molar-refractivity contribution in [3.05, 3.63) is 42.5 Å². The Morgan fingerprint density at radius 1 is 1.13 bits per heavy atom. The zero-order valence-corrected chi connectivity index (χ0v) is 16.9. The molecule has 3 saturated heterocycles. The minimum atomic E-state index is -0.731. The van der Waals surface area contributed by atoms with Gasteiger partial charge in [0.1, 0.15) is 5.60 Å². The molecule has 1 aromatic rings. The first-order chi connectivity index (χ1) is 14.5. The van der Waals surface area contributed by atoms with Gasteiger partial charge in [-0.05, 0) is 19.1 Å². The van der Waals surface area contributed by atoms with Gasteiger partial charge in [0.25, 0.3) is 0 Å². The summed E-state index contributed by atoms with van der Waals surface area (Å²) in [5.74, 6) is -1.16. The van der Waals surface area contributed by atoms with Crippen LogP contribution in [0.3, 0.4) is 0 Å². The fourth-order valence-corrected chi connectivity index (χ4v) is 5.14. The Morgan fingerprint density at radius 2 is 1.83 bits per heavy atom. The van der Waals surface area contributed by atoms with Gasteiger partial charge in [0.2, 0.25) is 11.8 Å². The van der Waals surface area contributed by atoms with Gasteiger partial charge in [-0.1, -0.05) is 30.4 Å². The highest BCUT2D eigenvalue weighted by molar-refractivity contribution is 6.03. The topological polar surface area (TPSA) is 79.4 Å². The Morgan fingerprint density at radius 3 is 2.53 bits per heavy atom. The van der Waals surface area contributed by atoms with Crippen LogP contribution in [0, 0.1) is 11.8 Å². The largest absolute Gasteiger partial charge is 0.450 e. The molecular weight excluding hydrogens is 386 g/mol. The highest BCUT2D eigenvalue weighted by atomic mass is 16.6. The SMILES string of the molecule is CCOC(=O)N1CCN(C(=O)C2C3C(=O)N(c4ccccc4)C[C@]34C=C[C@@H]2O4)CC1. The molecule has 158 valence electrons. The number of para-hydroxylation sites is 1. The lowest BCUT2D eigenvalue weighted by atomic mass is 9.76. The van der Waals surface area contributed by atoms with E-state index in [1.165, 1.54) is 0 Å². The first kappa shape index (κ1) is 19.1. The molecule has 4 aliphatic heterocycles. The van der Waals surface area contributed by atoms with E-state index >= 15 is 0 Å². The van der Waals surface area contributed by atoms with E-state index in [1.54, 1.807) is 21.6 Å². The van der Waals surface area contributed by atoms with Crippen LogP contribution >= 0.6 is 0 Å². The average Bonchev–Trinajstić information content (AvgIpc) is 3.42. The van der Waals surface area contributed by atoms with E-state index in [0.29, 0.717) is 39.3 Å². The molecule has 0 aliphatic carbocycles. The molecule has 0 saturated carbocycles. The maximum Gasteiger partial charge on any atom is 0.409 e. The maximum absolute atomic E-state index is 13.4. The van der Waals surface area contributed by atoms with Crippen molar-refractivity contribution in [2.45, 2.75) is 18.6 Å². The highest BCUT2D eigenvalue weighted by Crippen LogP contribution is 2.53. The molecule has 4 heterocycles. The third-order valence-corrected chi connectivity index (χ3v) is 6.57. The van der Waals surface area contributed by atoms with Crippen LogP contribution in [-0.4, -0.2) is 78.7 Å². The fraction of sp³-hybridized carbons (Fsp3) is 0.500. The number of fused-ring (bicyclic) bond motifs is 1. The van der Waals surface area contributed by atoms with E-state index in [4.69, 9.17) is 9.47 Å². The van der Waals surface area contributed by atoms with E-state index in [0.717, 1.165) is 5.69 Å². The quantitative estimate of drug-likeness (QED) is 0.700. The third kappa shape index (κ3) is 2.81. The van der Waals surface area contributed by atoms with Crippen LogP contribution in [-0.2, 0) is 19.1 Å². The lowest BCUT2D eigenvalue weighted by Gasteiger charge is -2.36. The Hall–Kier alpha value is -2.87. The van der Waals surface area contributed by atoms with Gasteiger partial charge in [-0.25, -0.2) is 4.79 Å². The van der Waals surface area contributed by atoms with Crippen molar-refractivity contribution in [3.8, 4) is 0 Å². The molecule has 4 atom stereocenters. The van der Waals surface area contributed by atoms with E-state index in [9.17, 15) is 14.4 Å². The molecule has 3 amide bonds. The number of amides is 3. The van der Waals surface area contributed by atoms with Crippen molar-refractivity contribution in [3.63, 3.8) is 0 Å². The monoisotopic (exact) mass is 411 g/mol. The second-order valence-electron chi connectivity index (χ2n) is 8.17. The molecule has 0 aromatic heterocycles. The van der Waals surface area contributed by atoms with Gasteiger partial charge in [0.15, 0.2) is 0 Å². The second-order valence-corrected chi connectivity index (χ2v) is 8.17. The molecular formula is C22H25N3O5. The molecule has 5 rings (SSSR count). The van der Waals surface area contributed by atoms with Crippen LogP contribution in [0.15, 0.2) is 42.5 Å². The normalized spacial score (nSPS) is 32.0. The summed E-state index contributed by atoms with van der Waals surface area (Å²) in [5.41, 5.74) is 0.0889. The number of carbonyl (C=O) groups excluding carboxylic acids is 3. The van der Waals surface area contributed by atoms with Crippen molar-refractivity contribution in [1.82, 2.24) is 9.80 Å². The summed E-state index contributed by atoms with van der Waals surface area (Å²) in [6.45, 7) is 4.25. The van der Waals surface area contributed by atoms with Crippen molar-refractivity contribution >= 4 is 23.6 Å². The molecule has 8 nitrogen and oxygen atoms in total. The summed E-state index contributed by atoms with van der Waals surface area (Å²) in [5, 5.41) is 0. The number of ether oxygens (including phenoxy) is 2. The predicted octanol–water partition coefficient (Wildman–Crippen LogP) is 1.27. The van der Waals surface area contributed by atoms with Crippen molar-refractivity contribution in [1.29, 1.82) is 0 Å². The molecule has 1 spiro atoms. The van der Waals surface area contributed by atoms with Gasteiger partial charge in [0, 0.05) is 31.9 Å². The summed E-state index contributed by atoms with van der Waals surface area (Å²) in [7, 11) is 0. The van der Waals surface area contributed by atoms with Crippen LogP contribution in [0.4, 0.5) is 10.5 Å². The molecule has 2 bridgehead atoms. The maximum atomic E-state index is 13.4. The number of carbonyl (C=O) groups is 3. The molecule has 8 heteroatoms. The Bertz CT molecular complexity index is 895. The summed E-state index contributed by atoms with van der Waals surface area (Å²) in [6.07, 6.45) is 3.17. The molecule has 4 aliphatic rings. The number of benzene rings is 1. The minimum Gasteiger partial charge on any atom is -0.450 e. The lowest BCUT2D eigenvalue weighted by Crippen LogP contribution is -2.54. The number of nitrogens with zero attached hydrogens (tertiary/aromatic N) is 3. The van der Waals surface area contributed by atoms with Crippen LogP contribution in [0.5, 0.6) is 0 Å². The van der Waals surface area contributed by atoms with Crippen molar-refractivity contribution < 1.29 is 23.9 Å². The second kappa shape index (κ2) is 7.12. The molecule has 1 aromatic carbocycles. The summed E-state index contributed by atoms with van der Waals surface area (Å²) >= 11 is 0. The van der Waals surface area contributed by atoms with Gasteiger partial charge >= 0.3 is 6.09 Å². The zero-order chi connectivity index (χ0) is 20.9. The molecule has 2 unspecified atom stereocenters. The van der Waals surface area contributed by atoms with Gasteiger partial charge in [-0.2, -0.15) is 0 Å². The molecule has 30 heavy (non-hydrogen) atoms. The number of hydrogen-bond acceptors (Lipinski definition) is 5. The van der Waals surface area contributed by atoms with Crippen LogP contribution in [0.2, 0.25) is 0 Å². The lowest BCUT2D eigenvalue weighted by molar-refractivity contribution is -0.141. The van der Waals surface area contributed by atoms with E-state index in [2.05, 4.69) is 0 Å². The smallest absolute Gasteiger partial charge is 0.409 e. The molecule has 0 N–H and O–H groups in total. The van der Waals surface area contributed by atoms with Crippen LogP contribution < -0.4 is 4.90 Å². The predicted molar refractivity (Wildman–Crippen MR) is 108 cm³/mol. The van der Waals surface area contributed by atoms with Crippen molar-refractivity contribution in [2.24, 2.45) is 11.8 Å². The van der Waals surface area contributed by atoms with Gasteiger partial charge in [-0.15, -0.1) is 0 Å². The minimum absolute atomic E-state index is 0.0587. The number of rotatable bonds is 3. The van der Waals surface area contributed by atoms with E-state index in [-0.39, 0.29) is 24.0 Å². The summed E-state index contributed by atoms with van der Waals surface area (Å²) in [4.78, 5) is 43.8. The fourth-order valence-electron chi connectivity index (χ4n) is 5.14. The summed E-state index contributed by atoms with van der Waals surface area (Å²) in [6, 6.07) is 9.50. The van der Waals surface area contributed by atoms with E-state index < -0.39 is 17.4 Å². The Kier molecular flexibility index (Phi) is 4.54. The number of hydrogen-bond donors (Lipinski definition) is 0. The van der Waals surface area contributed by atoms with Gasteiger partial charge in [-0.3, -0.25) is 9.59 Å². The first-order valence-corrected chi connectivity index (χ1v) is 10.5. The van der Waals surface area contributed by atoms with Crippen molar-refractivity contribution in [2.75, 3.05) is 44.2 Å². The van der Waals surface area contributed by atoms with E-state index in [1.807, 2.05) is 42.5 Å². The van der Waals surface area contributed by atoms with Crippen LogP contribution in [0.25, 0.3) is 0 Å². The average molecular weight is 411 g/mol. The van der Waals surface area contributed by atoms with Gasteiger partial charge < -0.3 is 24.2 Å². The van der Waals surface area contributed by atoms with Gasteiger partial charge in [0.05, 0.1) is 31.1 Å². The molecule has 3 fully saturated rings. The zero-order valence-electron chi connectivity index (χ0n) is 16.9. The third-order valence-electron chi connectivity index (χ3n) is 6.57.